The SMILES string of the molecule is CCOC(=O)c1ccc(-c2ccnc(Nc3ccc(S(=O)(=O)NCCCN4CCOCC4)cc3)n2)cc1. The molecule has 0 bridgehead atoms. The number of benzene rings is 2. The molecule has 3 aromatic rings. The molecule has 0 radical (unpaired) electrons. The van der Waals surface area contributed by atoms with E-state index in [4.69, 9.17) is 9.47 Å². The van der Waals surface area contributed by atoms with Crippen molar-refractivity contribution in [2.75, 3.05) is 51.3 Å². The Balaban J connectivity index is 1.33. The zero-order valence-electron chi connectivity index (χ0n) is 20.7. The topological polar surface area (TPSA) is 123 Å². The van der Waals surface area contributed by atoms with Crippen LogP contribution in [0.4, 0.5) is 11.6 Å². The molecule has 1 aliphatic heterocycles. The van der Waals surface area contributed by atoms with Crippen LogP contribution >= 0.6 is 0 Å². The fourth-order valence-corrected chi connectivity index (χ4v) is 4.91. The van der Waals surface area contributed by atoms with Gasteiger partial charge in [0.25, 0.3) is 0 Å². The summed E-state index contributed by atoms with van der Waals surface area (Å²) < 4.78 is 38.3. The van der Waals surface area contributed by atoms with Crippen molar-refractivity contribution in [3.05, 3.63) is 66.4 Å². The fourth-order valence-electron chi connectivity index (χ4n) is 3.84. The Kier molecular flexibility index (Phi) is 9.18. The van der Waals surface area contributed by atoms with E-state index in [1.165, 1.54) is 0 Å². The number of ether oxygens (including phenoxy) is 2. The Labute approximate surface area is 217 Å². The van der Waals surface area contributed by atoms with E-state index in [1.54, 1.807) is 67.7 Å². The first-order valence-electron chi connectivity index (χ1n) is 12.2. The van der Waals surface area contributed by atoms with Crippen molar-refractivity contribution in [3.63, 3.8) is 0 Å². The molecule has 1 aliphatic rings. The molecule has 196 valence electrons. The molecule has 2 aromatic carbocycles. The van der Waals surface area contributed by atoms with Crippen molar-refractivity contribution >= 4 is 27.6 Å². The smallest absolute Gasteiger partial charge is 0.338 e. The summed E-state index contributed by atoms with van der Waals surface area (Å²) in [6.07, 6.45) is 2.36. The zero-order chi connectivity index (χ0) is 26.1. The van der Waals surface area contributed by atoms with Gasteiger partial charge >= 0.3 is 5.97 Å². The monoisotopic (exact) mass is 525 g/mol. The fraction of sp³-hybridized carbons (Fsp3) is 0.346. The van der Waals surface area contributed by atoms with Gasteiger partial charge in [-0.2, -0.15) is 0 Å². The first-order valence-corrected chi connectivity index (χ1v) is 13.7. The third-order valence-corrected chi connectivity index (χ3v) is 7.29. The van der Waals surface area contributed by atoms with Crippen LogP contribution in [0.5, 0.6) is 0 Å². The number of esters is 1. The van der Waals surface area contributed by atoms with Gasteiger partial charge in [0.15, 0.2) is 0 Å². The third-order valence-electron chi connectivity index (χ3n) is 5.82. The third kappa shape index (κ3) is 7.56. The normalized spacial score (nSPS) is 14.3. The molecule has 0 saturated carbocycles. The van der Waals surface area contributed by atoms with E-state index in [9.17, 15) is 13.2 Å². The number of rotatable bonds is 11. The lowest BCUT2D eigenvalue weighted by Crippen LogP contribution is -2.38. The van der Waals surface area contributed by atoms with Crippen molar-refractivity contribution in [1.82, 2.24) is 19.6 Å². The van der Waals surface area contributed by atoms with Gasteiger partial charge in [0, 0.05) is 37.1 Å². The molecule has 0 atom stereocenters. The quantitative estimate of drug-likeness (QED) is 0.287. The van der Waals surface area contributed by atoms with Crippen LogP contribution in [-0.4, -0.2) is 75.3 Å². The highest BCUT2D eigenvalue weighted by Crippen LogP contribution is 2.21. The zero-order valence-corrected chi connectivity index (χ0v) is 21.5. The van der Waals surface area contributed by atoms with Gasteiger partial charge in [0.1, 0.15) is 0 Å². The van der Waals surface area contributed by atoms with E-state index in [2.05, 4.69) is 24.9 Å². The number of nitrogens with one attached hydrogen (secondary N) is 2. The number of carbonyl (C=O) groups is 1. The number of hydrogen-bond donors (Lipinski definition) is 2. The molecular formula is C26H31N5O5S. The Morgan fingerprint density at radius 1 is 1.05 bits per heavy atom. The number of nitrogens with zero attached hydrogens (tertiary/aromatic N) is 3. The first kappa shape index (κ1) is 26.7. The summed E-state index contributed by atoms with van der Waals surface area (Å²) in [5.41, 5.74) is 2.62. The first-order chi connectivity index (χ1) is 17.9. The number of carbonyl (C=O) groups excluding carboxylic acids is 1. The Morgan fingerprint density at radius 2 is 1.78 bits per heavy atom. The van der Waals surface area contributed by atoms with E-state index in [0.717, 1.165) is 44.8 Å². The highest BCUT2D eigenvalue weighted by atomic mass is 32.2. The lowest BCUT2D eigenvalue weighted by Gasteiger charge is -2.26. The van der Waals surface area contributed by atoms with Crippen LogP contribution in [0.15, 0.2) is 65.7 Å². The molecule has 0 spiro atoms. The minimum absolute atomic E-state index is 0.195. The number of aromatic nitrogens is 2. The van der Waals surface area contributed by atoms with Crippen LogP contribution < -0.4 is 10.0 Å². The number of hydrogen-bond acceptors (Lipinski definition) is 9. The summed E-state index contributed by atoms with van der Waals surface area (Å²) in [7, 11) is -3.59. The molecule has 4 rings (SSSR count). The van der Waals surface area contributed by atoms with Crippen molar-refractivity contribution in [3.8, 4) is 11.3 Å². The Morgan fingerprint density at radius 3 is 2.49 bits per heavy atom. The van der Waals surface area contributed by atoms with Gasteiger partial charge in [0.05, 0.1) is 36.0 Å². The molecule has 37 heavy (non-hydrogen) atoms. The summed E-state index contributed by atoms with van der Waals surface area (Å²) in [6.45, 7) is 6.52. The molecule has 1 saturated heterocycles. The maximum atomic E-state index is 12.6. The van der Waals surface area contributed by atoms with Gasteiger partial charge in [-0.3, -0.25) is 4.90 Å². The van der Waals surface area contributed by atoms with Gasteiger partial charge in [0.2, 0.25) is 16.0 Å². The molecule has 10 nitrogen and oxygen atoms in total. The predicted molar refractivity (Wildman–Crippen MR) is 140 cm³/mol. The predicted octanol–water partition coefficient (Wildman–Crippen LogP) is 3.06. The van der Waals surface area contributed by atoms with Crippen molar-refractivity contribution in [2.24, 2.45) is 0 Å². The average Bonchev–Trinajstić information content (AvgIpc) is 2.92. The highest BCUT2D eigenvalue weighted by molar-refractivity contribution is 7.89. The summed E-state index contributed by atoms with van der Waals surface area (Å²) in [5.74, 6) is -0.00319. The van der Waals surface area contributed by atoms with Gasteiger partial charge in [-0.15, -0.1) is 0 Å². The van der Waals surface area contributed by atoms with Crippen LogP contribution in [0.3, 0.4) is 0 Å². The molecule has 0 amide bonds. The van der Waals surface area contributed by atoms with Gasteiger partial charge in [-0.25, -0.2) is 27.9 Å². The molecule has 2 N–H and O–H groups in total. The van der Waals surface area contributed by atoms with Crippen molar-refractivity contribution in [1.29, 1.82) is 0 Å². The van der Waals surface area contributed by atoms with Crippen LogP contribution in [0.25, 0.3) is 11.3 Å². The average molecular weight is 526 g/mol. The summed E-state index contributed by atoms with van der Waals surface area (Å²) in [4.78, 5) is 23.1. The molecule has 0 aliphatic carbocycles. The largest absolute Gasteiger partial charge is 0.462 e. The van der Waals surface area contributed by atoms with Crippen molar-refractivity contribution < 1.29 is 22.7 Å². The lowest BCUT2D eigenvalue weighted by molar-refractivity contribution is 0.0376. The molecule has 11 heteroatoms. The molecule has 1 aromatic heterocycles. The van der Waals surface area contributed by atoms with E-state index >= 15 is 0 Å². The number of morpholine rings is 1. The maximum Gasteiger partial charge on any atom is 0.338 e. The van der Waals surface area contributed by atoms with Crippen LogP contribution in [0.2, 0.25) is 0 Å². The van der Waals surface area contributed by atoms with Crippen LogP contribution in [0.1, 0.15) is 23.7 Å². The van der Waals surface area contributed by atoms with Crippen LogP contribution in [-0.2, 0) is 19.5 Å². The molecule has 0 unspecified atom stereocenters. The van der Waals surface area contributed by atoms with E-state index < -0.39 is 10.0 Å². The molecule has 2 heterocycles. The summed E-state index contributed by atoms with van der Waals surface area (Å²) in [5, 5.41) is 3.10. The number of anilines is 2. The van der Waals surface area contributed by atoms with Crippen molar-refractivity contribution in [2.45, 2.75) is 18.2 Å². The standard InChI is InChI=1S/C26H31N5O5S/c1-2-36-25(32)21-6-4-20(5-7-21)24-12-14-27-26(30-24)29-22-8-10-23(11-9-22)37(33,34)28-13-3-15-31-16-18-35-19-17-31/h4-12,14,28H,2-3,13,15-19H2,1H3,(H,27,29,30). The number of sulfonamides is 1. The second-order valence-corrected chi connectivity index (χ2v) is 10.2. The summed E-state index contributed by atoms with van der Waals surface area (Å²) >= 11 is 0. The van der Waals surface area contributed by atoms with Crippen LogP contribution in [0, 0.1) is 0 Å². The Bertz CT molecular complexity index is 1280. The second-order valence-electron chi connectivity index (χ2n) is 8.42. The Hall–Kier alpha value is -3.38. The van der Waals surface area contributed by atoms with Gasteiger partial charge in [-0.1, -0.05) is 12.1 Å². The van der Waals surface area contributed by atoms with E-state index in [-0.39, 0.29) is 10.9 Å². The minimum Gasteiger partial charge on any atom is -0.462 e. The molecule has 1 fully saturated rings. The van der Waals surface area contributed by atoms with Gasteiger partial charge in [-0.05, 0) is 62.4 Å². The van der Waals surface area contributed by atoms with E-state index in [0.29, 0.717) is 36.0 Å². The second kappa shape index (κ2) is 12.7. The summed E-state index contributed by atoms with van der Waals surface area (Å²) in [6, 6.07) is 15.2. The van der Waals surface area contributed by atoms with E-state index in [1.807, 2.05) is 0 Å². The highest BCUT2D eigenvalue weighted by Gasteiger charge is 2.15. The van der Waals surface area contributed by atoms with Gasteiger partial charge < -0.3 is 14.8 Å². The molecular weight excluding hydrogens is 494 g/mol. The minimum atomic E-state index is -3.59. The lowest BCUT2D eigenvalue weighted by atomic mass is 10.1. The maximum absolute atomic E-state index is 12.6.